The van der Waals surface area contributed by atoms with E-state index in [1.54, 1.807) is 0 Å². The maximum atomic E-state index is 11.4. The Hall–Kier alpha value is -0.710. The van der Waals surface area contributed by atoms with E-state index in [2.05, 4.69) is 17.5 Å². The van der Waals surface area contributed by atoms with Gasteiger partial charge in [-0.1, -0.05) is 12.2 Å². The average molecular weight is 164 g/mol. The summed E-state index contributed by atoms with van der Waals surface area (Å²) in [5.41, 5.74) is 5.04. The molecule has 0 bridgehead atoms. The van der Waals surface area contributed by atoms with Gasteiger partial charge < -0.3 is 11.1 Å². The number of amides is 1. The van der Waals surface area contributed by atoms with Crippen molar-refractivity contribution in [2.24, 2.45) is 5.73 Å². The summed E-state index contributed by atoms with van der Waals surface area (Å²) in [6.07, 6.45) is -0.00463. The molecule has 1 amide bonds. The summed E-state index contributed by atoms with van der Waals surface area (Å²) in [5, 5.41) is 2.28. The fraction of sp³-hybridized carbons (Fsp3) is 0.600. The zero-order valence-corrected chi connectivity index (χ0v) is 6.21. The lowest BCUT2D eigenvalue weighted by molar-refractivity contribution is -0.119. The molecule has 0 unspecified atom stereocenters. The number of thiocarbonyl (C=S) groups is 1. The summed E-state index contributed by atoms with van der Waals surface area (Å²) in [6, 6.07) is 0. The SMILES string of the molecule is NC(=S)CC(=O)NCCF. The lowest BCUT2D eigenvalue weighted by atomic mass is 10.4. The van der Waals surface area contributed by atoms with Crippen LogP contribution in [-0.4, -0.2) is 24.1 Å². The highest BCUT2D eigenvalue weighted by Gasteiger charge is 2.00. The lowest BCUT2D eigenvalue weighted by Gasteiger charge is -1.99. The third-order valence-electron chi connectivity index (χ3n) is 0.751. The summed E-state index contributed by atoms with van der Waals surface area (Å²) in [4.78, 5) is 10.7. The minimum Gasteiger partial charge on any atom is -0.393 e. The Kier molecular flexibility index (Phi) is 4.74. The van der Waals surface area contributed by atoms with E-state index in [1.165, 1.54) is 0 Å². The van der Waals surface area contributed by atoms with Crippen molar-refractivity contribution in [2.45, 2.75) is 6.42 Å². The third kappa shape index (κ3) is 5.43. The molecule has 3 N–H and O–H groups in total. The highest BCUT2D eigenvalue weighted by atomic mass is 32.1. The second-order valence-corrected chi connectivity index (χ2v) is 2.21. The smallest absolute Gasteiger partial charge is 0.226 e. The van der Waals surface area contributed by atoms with Gasteiger partial charge in [-0.15, -0.1) is 0 Å². The number of alkyl halides is 1. The Bertz CT molecular complexity index is 140. The highest BCUT2D eigenvalue weighted by Crippen LogP contribution is 1.78. The maximum absolute atomic E-state index is 11.4. The van der Waals surface area contributed by atoms with E-state index in [9.17, 15) is 9.18 Å². The van der Waals surface area contributed by atoms with E-state index in [-0.39, 0.29) is 23.9 Å². The Morgan fingerprint density at radius 3 is 2.70 bits per heavy atom. The minimum atomic E-state index is -0.566. The number of hydrogen-bond acceptors (Lipinski definition) is 2. The van der Waals surface area contributed by atoms with Crippen LogP contribution in [-0.2, 0) is 4.79 Å². The van der Waals surface area contributed by atoms with Crippen molar-refractivity contribution in [3.63, 3.8) is 0 Å². The molecule has 0 saturated heterocycles. The molecule has 0 fully saturated rings. The molecule has 0 radical (unpaired) electrons. The van der Waals surface area contributed by atoms with E-state index in [0.717, 1.165) is 0 Å². The summed E-state index contributed by atoms with van der Waals surface area (Å²) in [6.45, 7) is -0.537. The monoisotopic (exact) mass is 164 g/mol. The van der Waals surface area contributed by atoms with Crippen LogP contribution in [0.15, 0.2) is 0 Å². The van der Waals surface area contributed by atoms with Gasteiger partial charge in [-0.3, -0.25) is 4.79 Å². The van der Waals surface area contributed by atoms with Crippen LogP contribution in [0.2, 0.25) is 0 Å². The normalized spacial score (nSPS) is 8.90. The molecule has 0 saturated carbocycles. The van der Waals surface area contributed by atoms with Crippen LogP contribution in [0.25, 0.3) is 0 Å². The Balaban J connectivity index is 3.35. The average Bonchev–Trinajstić information content (AvgIpc) is 1.82. The molecular weight excluding hydrogens is 155 g/mol. The Morgan fingerprint density at radius 1 is 1.70 bits per heavy atom. The van der Waals surface area contributed by atoms with Crippen molar-refractivity contribution >= 4 is 23.1 Å². The quantitative estimate of drug-likeness (QED) is 0.563. The van der Waals surface area contributed by atoms with E-state index >= 15 is 0 Å². The van der Waals surface area contributed by atoms with Crippen LogP contribution in [0.1, 0.15) is 6.42 Å². The van der Waals surface area contributed by atoms with Gasteiger partial charge in [-0.25, -0.2) is 4.39 Å². The first-order valence-electron chi connectivity index (χ1n) is 2.77. The number of carbonyl (C=O) groups is 1. The van der Waals surface area contributed by atoms with E-state index in [1.807, 2.05) is 0 Å². The van der Waals surface area contributed by atoms with Crippen molar-refractivity contribution in [3.8, 4) is 0 Å². The molecule has 5 heteroatoms. The summed E-state index contributed by atoms with van der Waals surface area (Å²) in [7, 11) is 0. The van der Waals surface area contributed by atoms with Gasteiger partial charge in [-0.2, -0.15) is 0 Å². The van der Waals surface area contributed by atoms with E-state index in [4.69, 9.17) is 5.73 Å². The maximum Gasteiger partial charge on any atom is 0.226 e. The second kappa shape index (κ2) is 5.10. The number of hydrogen-bond donors (Lipinski definition) is 2. The first-order chi connectivity index (χ1) is 4.66. The van der Waals surface area contributed by atoms with Gasteiger partial charge in [0.15, 0.2) is 0 Å². The molecule has 0 rings (SSSR count). The molecule has 0 aromatic carbocycles. The van der Waals surface area contributed by atoms with Gasteiger partial charge in [0.25, 0.3) is 0 Å². The van der Waals surface area contributed by atoms with Crippen LogP contribution in [0.5, 0.6) is 0 Å². The molecule has 10 heavy (non-hydrogen) atoms. The molecule has 58 valence electrons. The third-order valence-corrected chi connectivity index (χ3v) is 0.896. The zero-order valence-electron chi connectivity index (χ0n) is 5.39. The topological polar surface area (TPSA) is 55.1 Å². The number of nitrogens with one attached hydrogen (secondary N) is 1. The van der Waals surface area contributed by atoms with Crippen molar-refractivity contribution in [1.29, 1.82) is 0 Å². The largest absolute Gasteiger partial charge is 0.393 e. The molecule has 3 nitrogen and oxygen atoms in total. The molecule has 0 aliphatic heterocycles. The van der Waals surface area contributed by atoms with Gasteiger partial charge in [0.05, 0.1) is 11.4 Å². The predicted octanol–water partition coefficient (Wildman–Crippen LogP) is -0.252. The van der Waals surface area contributed by atoms with Gasteiger partial charge in [0.1, 0.15) is 6.67 Å². The van der Waals surface area contributed by atoms with Crippen LogP contribution in [0.3, 0.4) is 0 Å². The molecule has 0 aliphatic carbocycles. The standard InChI is InChI=1S/C5H9FN2OS/c6-1-2-8-5(9)3-4(7)10/h1-3H2,(H2,7,10)(H,8,9). The number of carbonyl (C=O) groups excluding carboxylic acids is 1. The van der Waals surface area contributed by atoms with Crippen LogP contribution in [0.4, 0.5) is 4.39 Å². The molecular formula is C5H9FN2OS. The fourth-order valence-electron chi connectivity index (χ4n) is 0.407. The van der Waals surface area contributed by atoms with Crippen LogP contribution < -0.4 is 11.1 Å². The summed E-state index contributed by atoms with van der Waals surface area (Å²) < 4.78 is 11.4. The highest BCUT2D eigenvalue weighted by molar-refractivity contribution is 7.80. The van der Waals surface area contributed by atoms with Gasteiger partial charge in [0.2, 0.25) is 5.91 Å². The van der Waals surface area contributed by atoms with Crippen molar-refractivity contribution in [1.82, 2.24) is 5.32 Å². The molecule has 0 heterocycles. The second-order valence-electron chi connectivity index (χ2n) is 1.68. The van der Waals surface area contributed by atoms with Crippen molar-refractivity contribution < 1.29 is 9.18 Å². The molecule has 0 aromatic heterocycles. The van der Waals surface area contributed by atoms with E-state index in [0.29, 0.717) is 0 Å². The predicted molar refractivity (Wildman–Crippen MR) is 40.4 cm³/mol. The van der Waals surface area contributed by atoms with Crippen molar-refractivity contribution in [2.75, 3.05) is 13.2 Å². The first-order valence-corrected chi connectivity index (χ1v) is 3.18. The minimum absolute atomic E-state index is 0.00463. The Labute approximate surface area is 63.8 Å². The lowest BCUT2D eigenvalue weighted by Crippen LogP contribution is -2.29. The van der Waals surface area contributed by atoms with Gasteiger partial charge in [-0.05, 0) is 0 Å². The number of rotatable bonds is 4. The van der Waals surface area contributed by atoms with Crippen molar-refractivity contribution in [3.05, 3.63) is 0 Å². The van der Waals surface area contributed by atoms with Crippen LogP contribution >= 0.6 is 12.2 Å². The first kappa shape index (κ1) is 9.29. The molecule has 0 spiro atoms. The number of nitrogens with two attached hydrogens (primary N) is 1. The van der Waals surface area contributed by atoms with Gasteiger partial charge >= 0.3 is 0 Å². The summed E-state index contributed by atoms with van der Waals surface area (Å²) >= 11 is 4.45. The fourth-order valence-corrected chi connectivity index (χ4v) is 0.539. The molecule has 0 aromatic rings. The molecule has 0 atom stereocenters. The van der Waals surface area contributed by atoms with E-state index < -0.39 is 6.67 Å². The molecule has 0 aliphatic rings. The zero-order chi connectivity index (χ0) is 7.98. The number of halogens is 1. The Morgan fingerprint density at radius 2 is 2.30 bits per heavy atom. The summed E-state index contributed by atoms with van der Waals surface area (Å²) in [5.74, 6) is -0.329. The van der Waals surface area contributed by atoms with Gasteiger partial charge in [0, 0.05) is 6.54 Å². The van der Waals surface area contributed by atoms with Crippen LogP contribution in [0, 0.1) is 0 Å².